The predicted molar refractivity (Wildman–Crippen MR) is 108 cm³/mol. The Kier molecular flexibility index (Phi) is 5.91. The number of hydrogen-bond acceptors (Lipinski definition) is 5. The lowest BCUT2D eigenvalue weighted by Gasteiger charge is -2.34. The van der Waals surface area contributed by atoms with Gasteiger partial charge in [-0.1, -0.05) is 18.2 Å². The van der Waals surface area contributed by atoms with Crippen molar-refractivity contribution >= 4 is 22.8 Å². The maximum absolute atomic E-state index is 12.9. The first-order valence-corrected chi connectivity index (χ1v) is 9.82. The monoisotopic (exact) mass is 401 g/mol. The molecule has 156 valence electrons. The Labute approximate surface area is 169 Å². The van der Waals surface area contributed by atoms with Crippen LogP contribution in [0.15, 0.2) is 29.1 Å². The number of amides is 1. The first-order chi connectivity index (χ1) is 13.6. The Bertz CT molecular complexity index is 976. The fourth-order valence-electron chi connectivity index (χ4n) is 3.65. The molecule has 0 spiro atoms. The third-order valence-corrected chi connectivity index (χ3v) is 4.86. The van der Waals surface area contributed by atoms with Crippen molar-refractivity contribution in [2.75, 3.05) is 13.1 Å². The molecule has 1 saturated heterocycles. The zero-order chi connectivity index (χ0) is 21.2. The number of benzene rings is 1. The van der Waals surface area contributed by atoms with Gasteiger partial charge in [-0.2, -0.15) is 5.10 Å². The van der Waals surface area contributed by atoms with E-state index in [4.69, 9.17) is 4.74 Å². The summed E-state index contributed by atoms with van der Waals surface area (Å²) in [6.45, 7) is 6.91. The smallest absolute Gasteiger partial charge is 0.410 e. The molecule has 1 aromatic carbocycles. The molecule has 3 rings (SSSR count). The fraction of sp³-hybridized carbons (Fsp3) is 0.524. The van der Waals surface area contributed by atoms with Crippen molar-refractivity contribution in [2.45, 2.75) is 52.2 Å². The van der Waals surface area contributed by atoms with E-state index < -0.39 is 11.6 Å². The van der Waals surface area contributed by atoms with Crippen molar-refractivity contribution < 1.29 is 19.4 Å². The molecule has 1 aliphatic heterocycles. The Morgan fingerprint density at radius 2 is 1.93 bits per heavy atom. The lowest BCUT2D eigenvalue weighted by Crippen LogP contribution is -2.44. The summed E-state index contributed by atoms with van der Waals surface area (Å²) in [5, 5.41) is 14.6. The van der Waals surface area contributed by atoms with Crippen LogP contribution in [0.3, 0.4) is 0 Å². The first kappa shape index (κ1) is 20.8. The first-order valence-electron chi connectivity index (χ1n) is 9.82. The van der Waals surface area contributed by atoms with Gasteiger partial charge < -0.3 is 14.7 Å². The molecule has 1 amide bonds. The van der Waals surface area contributed by atoms with E-state index in [1.54, 1.807) is 29.2 Å². The van der Waals surface area contributed by atoms with Gasteiger partial charge >= 0.3 is 12.1 Å². The SMILES string of the molecule is CC(C)(C)OC(=O)N1CCCC(Cn2nc(CC(=O)O)c3ccccc3c2=O)C1. The molecule has 29 heavy (non-hydrogen) atoms. The number of fused-ring (bicyclic) bond motifs is 1. The lowest BCUT2D eigenvalue weighted by molar-refractivity contribution is -0.136. The van der Waals surface area contributed by atoms with Crippen LogP contribution in [0, 0.1) is 5.92 Å². The van der Waals surface area contributed by atoms with E-state index in [9.17, 15) is 19.5 Å². The van der Waals surface area contributed by atoms with Crippen molar-refractivity contribution in [3.05, 3.63) is 40.3 Å². The Hall–Kier alpha value is -2.90. The quantitative estimate of drug-likeness (QED) is 0.845. The normalized spacial score (nSPS) is 17.3. The number of rotatable bonds is 4. The number of aromatic nitrogens is 2. The van der Waals surface area contributed by atoms with Crippen molar-refractivity contribution in [1.29, 1.82) is 0 Å². The summed E-state index contributed by atoms with van der Waals surface area (Å²) in [5.41, 5.74) is -0.441. The van der Waals surface area contributed by atoms with E-state index >= 15 is 0 Å². The molecule has 8 heteroatoms. The van der Waals surface area contributed by atoms with Crippen LogP contribution < -0.4 is 5.56 Å². The highest BCUT2D eigenvalue weighted by atomic mass is 16.6. The molecule has 1 aliphatic rings. The summed E-state index contributed by atoms with van der Waals surface area (Å²) in [6, 6.07) is 6.93. The average Bonchev–Trinajstić information content (AvgIpc) is 2.64. The van der Waals surface area contributed by atoms with Crippen molar-refractivity contribution in [3.8, 4) is 0 Å². The lowest BCUT2D eigenvalue weighted by atomic mass is 9.98. The minimum atomic E-state index is -0.999. The van der Waals surface area contributed by atoms with Gasteiger partial charge in [0, 0.05) is 25.0 Å². The predicted octanol–water partition coefficient (Wildman–Crippen LogP) is 2.67. The average molecular weight is 401 g/mol. The molecule has 1 atom stereocenters. The summed E-state index contributed by atoms with van der Waals surface area (Å²) < 4.78 is 6.81. The zero-order valence-corrected chi connectivity index (χ0v) is 17.1. The van der Waals surface area contributed by atoms with Gasteiger partial charge in [-0.05, 0) is 45.6 Å². The molecule has 0 radical (unpaired) electrons. The van der Waals surface area contributed by atoms with E-state index in [1.807, 2.05) is 20.8 Å². The van der Waals surface area contributed by atoms with Gasteiger partial charge in [0.1, 0.15) is 5.60 Å². The Balaban J connectivity index is 1.84. The van der Waals surface area contributed by atoms with Gasteiger partial charge in [0.05, 0.1) is 17.5 Å². The number of carbonyl (C=O) groups excluding carboxylic acids is 1. The number of carboxylic acids is 1. The third kappa shape index (κ3) is 5.13. The van der Waals surface area contributed by atoms with Crippen LogP contribution in [0.5, 0.6) is 0 Å². The van der Waals surface area contributed by atoms with Crippen molar-refractivity contribution in [1.82, 2.24) is 14.7 Å². The summed E-state index contributed by atoms with van der Waals surface area (Å²) in [5.74, 6) is -0.957. The molecule has 1 N–H and O–H groups in total. The van der Waals surface area contributed by atoms with Gasteiger partial charge in [-0.25, -0.2) is 9.48 Å². The summed E-state index contributed by atoms with van der Waals surface area (Å²) >= 11 is 0. The van der Waals surface area contributed by atoms with E-state index in [-0.39, 0.29) is 24.0 Å². The molecule has 1 aromatic heterocycles. The van der Waals surface area contributed by atoms with Crippen LogP contribution in [0.2, 0.25) is 0 Å². The number of aliphatic carboxylic acids is 1. The number of nitrogens with zero attached hydrogens (tertiary/aromatic N) is 3. The minimum absolute atomic E-state index is 0.0420. The maximum atomic E-state index is 12.9. The van der Waals surface area contributed by atoms with Crippen LogP contribution in [0.4, 0.5) is 4.79 Å². The number of carbonyl (C=O) groups is 2. The molecule has 0 aliphatic carbocycles. The van der Waals surface area contributed by atoms with Crippen LogP contribution >= 0.6 is 0 Å². The molecular formula is C21H27N3O5. The molecule has 0 bridgehead atoms. The molecular weight excluding hydrogens is 374 g/mol. The van der Waals surface area contributed by atoms with E-state index in [0.29, 0.717) is 36.1 Å². The van der Waals surface area contributed by atoms with Gasteiger partial charge in [-0.15, -0.1) is 0 Å². The highest BCUT2D eigenvalue weighted by Gasteiger charge is 2.28. The number of likely N-dealkylation sites (tertiary alicyclic amines) is 1. The van der Waals surface area contributed by atoms with E-state index in [0.717, 1.165) is 12.8 Å². The second kappa shape index (κ2) is 8.23. The molecule has 1 unspecified atom stereocenters. The standard InChI is InChI=1S/C21H27N3O5/c1-21(2,3)29-20(28)23-10-6-7-14(12-23)13-24-19(27)16-9-5-4-8-15(16)17(22-24)11-18(25)26/h4-5,8-9,14H,6-7,10-13H2,1-3H3,(H,25,26). The molecule has 0 saturated carbocycles. The van der Waals surface area contributed by atoms with Gasteiger partial charge in [-0.3, -0.25) is 9.59 Å². The molecule has 1 fully saturated rings. The number of ether oxygens (including phenoxy) is 1. The second-order valence-electron chi connectivity index (χ2n) is 8.48. The Morgan fingerprint density at radius 3 is 2.59 bits per heavy atom. The Morgan fingerprint density at radius 1 is 1.24 bits per heavy atom. The number of hydrogen-bond donors (Lipinski definition) is 1. The van der Waals surface area contributed by atoms with Crippen LogP contribution in [0.25, 0.3) is 10.8 Å². The number of carboxylic acid groups (broad SMARTS) is 1. The summed E-state index contributed by atoms with van der Waals surface area (Å²) in [4.78, 5) is 38.2. The van der Waals surface area contributed by atoms with Gasteiger partial charge in [0.15, 0.2) is 0 Å². The minimum Gasteiger partial charge on any atom is -0.481 e. The van der Waals surface area contributed by atoms with E-state index in [2.05, 4.69) is 5.10 Å². The molecule has 2 aromatic rings. The number of piperidine rings is 1. The van der Waals surface area contributed by atoms with Gasteiger partial charge in [0.2, 0.25) is 0 Å². The largest absolute Gasteiger partial charge is 0.481 e. The summed E-state index contributed by atoms with van der Waals surface area (Å²) in [7, 11) is 0. The van der Waals surface area contributed by atoms with E-state index in [1.165, 1.54) is 4.68 Å². The van der Waals surface area contributed by atoms with Crippen molar-refractivity contribution in [2.24, 2.45) is 5.92 Å². The third-order valence-electron chi connectivity index (χ3n) is 4.86. The molecule has 8 nitrogen and oxygen atoms in total. The second-order valence-corrected chi connectivity index (χ2v) is 8.48. The van der Waals surface area contributed by atoms with Crippen LogP contribution in [-0.4, -0.2) is 50.5 Å². The molecule has 2 heterocycles. The zero-order valence-electron chi connectivity index (χ0n) is 17.1. The highest BCUT2D eigenvalue weighted by molar-refractivity contribution is 5.86. The maximum Gasteiger partial charge on any atom is 0.410 e. The van der Waals surface area contributed by atoms with Crippen LogP contribution in [0.1, 0.15) is 39.3 Å². The highest BCUT2D eigenvalue weighted by Crippen LogP contribution is 2.21. The topological polar surface area (TPSA) is 102 Å². The van der Waals surface area contributed by atoms with Crippen molar-refractivity contribution in [3.63, 3.8) is 0 Å². The fourth-order valence-corrected chi connectivity index (χ4v) is 3.65. The van der Waals surface area contributed by atoms with Crippen LogP contribution in [-0.2, 0) is 22.5 Å². The summed E-state index contributed by atoms with van der Waals surface area (Å²) in [6.07, 6.45) is 1.06. The van der Waals surface area contributed by atoms with Gasteiger partial charge in [0.25, 0.3) is 5.56 Å².